The van der Waals surface area contributed by atoms with E-state index in [1.165, 1.54) is 47.3 Å². The van der Waals surface area contributed by atoms with Crippen molar-refractivity contribution in [3.63, 3.8) is 0 Å². The number of methoxy groups -OCH3 is 1. The maximum Gasteiger partial charge on any atom is 0.240 e. The van der Waals surface area contributed by atoms with E-state index in [4.69, 9.17) is 9.16 Å². The zero-order valence-electron chi connectivity index (χ0n) is 27.6. The van der Waals surface area contributed by atoms with E-state index in [9.17, 15) is 0 Å². The normalized spacial score (nSPS) is 12.5. The number of anilines is 1. The summed E-state index contributed by atoms with van der Waals surface area (Å²) in [7, 11) is -0.145. The van der Waals surface area contributed by atoms with Crippen molar-refractivity contribution in [2.24, 2.45) is 5.41 Å². The van der Waals surface area contributed by atoms with Crippen molar-refractivity contribution >= 4 is 37.3 Å². The van der Waals surface area contributed by atoms with Crippen molar-refractivity contribution in [2.75, 3.05) is 25.1 Å². The number of rotatable bonds is 15. The molecule has 0 radical (unpaired) electrons. The number of ether oxygens (including phenoxy) is 1. The van der Waals surface area contributed by atoms with Gasteiger partial charge in [0.05, 0.1) is 13.2 Å². The van der Waals surface area contributed by atoms with Crippen LogP contribution in [0, 0.1) is 5.41 Å². The van der Waals surface area contributed by atoms with Crippen molar-refractivity contribution in [3.05, 3.63) is 120 Å². The molecule has 0 aromatic heterocycles. The number of benzene rings is 4. The first-order valence-corrected chi connectivity index (χ1v) is 17.9. The zero-order chi connectivity index (χ0) is 31.4. The third-order valence-electron chi connectivity index (χ3n) is 8.10. The second-order valence-electron chi connectivity index (χ2n) is 12.7. The molecule has 4 aromatic rings. The van der Waals surface area contributed by atoms with Gasteiger partial charge in [-0.25, -0.2) is 0 Å². The molecule has 44 heavy (non-hydrogen) atoms. The average Bonchev–Trinajstić information content (AvgIpc) is 3.05. The third-order valence-corrected chi connectivity index (χ3v) is 10.6. The molecular weight excluding hydrogens is 555 g/mol. The Kier molecular flexibility index (Phi) is 12.5. The van der Waals surface area contributed by atoms with Gasteiger partial charge in [0.15, 0.2) is 0 Å². The Bertz CT molecular complexity index is 1380. The molecule has 0 heterocycles. The Hall–Kier alpha value is -3.60. The van der Waals surface area contributed by atoms with Crippen LogP contribution in [-0.2, 0) is 4.43 Å². The van der Waals surface area contributed by atoms with Crippen LogP contribution >= 0.6 is 0 Å². The zero-order valence-corrected chi connectivity index (χ0v) is 28.8. The molecule has 4 aromatic carbocycles. The first kappa shape index (κ1) is 33.3. The average molecular weight is 606 g/mol. The minimum atomic E-state index is -1.91. The van der Waals surface area contributed by atoms with Crippen LogP contribution in [0.2, 0.25) is 0 Å². The molecule has 0 amide bonds. The highest BCUT2D eigenvalue weighted by atomic mass is 28.3. The molecule has 0 aliphatic rings. The maximum atomic E-state index is 7.15. The molecule has 1 atom stereocenters. The Morgan fingerprint density at radius 2 is 1.30 bits per heavy atom. The number of nitrogens with zero attached hydrogens (tertiary/aromatic N) is 1. The highest BCUT2D eigenvalue weighted by Gasteiger charge is 2.31. The molecule has 0 bridgehead atoms. The minimum Gasteiger partial charge on any atom is -0.496 e. The highest BCUT2D eigenvalue weighted by molar-refractivity contribution is 6.80. The number of unbranched alkanes of at least 4 members (excludes halogenated alkanes) is 2. The van der Waals surface area contributed by atoms with Gasteiger partial charge in [-0.05, 0) is 51.9 Å². The molecule has 0 N–H and O–H groups in total. The predicted octanol–water partition coefficient (Wildman–Crippen LogP) is 8.91. The van der Waals surface area contributed by atoms with Crippen LogP contribution in [-0.4, -0.2) is 29.2 Å². The van der Waals surface area contributed by atoms with Crippen LogP contribution in [0.15, 0.2) is 103 Å². The summed E-state index contributed by atoms with van der Waals surface area (Å²) in [5.74, 6) is 0.910. The standard InChI is InChI=1S/C40H51NO2Si/c1-7-9-29-41(30-10-8-2)35-28-27-33(38(31-35)42-6)24-21-32-22-25-34(26-23-32)39(40(3,4)5)43-44(36-17-13-11-14-18-36)37-19-15-12-16-20-37/h11-28,31,39,44H,7-10,29-30H2,1-6H3. The van der Waals surface area contributed by atoms with Crippen LogP contribution < -0.4 is 20.0 Å². The first-order chi connectivity index (χ1) is 21.3. The van der Waals surface area contributed by atoms with Gasteiger partial charge in [-0.3, -0.25) is 0 Å². The van der Waals surface area contributed by atoms with Gasteiger partial charge in [-0.1, -0.05) is 145 Å². The third kappa shape index (κ3) is 9.20. The Morgan fingerprint density at radius 3 is 1.80 bits per heavy atom. The van der Waals surface area contributed by atoms with Crippen LogP contribution in [0.3, 0.4) is 0 Å². The van der Waals surface area contributed by atoms with E-state index >= 15 is 0 Å². The quantitative estimate of drug-likeness (QED) is 0.0998. The van der Waals surface area contributed by atoms with Gasteiger partial charge in [-0.2, -0.15) is 0 Å². The van der Waals surface area contributed by atoms with Crippen LogP contribution in [0.25, 0.3) is 12.2 Å². The predicted molar refractivity (Wildman–Crippen MR) is 193 cm³/mol. The lowest BCUT2D eigenvalue weighted by molar-refractivity contribution is 0.0897. The van der Waals surface area contributed by atoms with Crippen molar-refractivity contribution in [1.29, 1.82) is 0 Å². The van der Waals surface area contributed by atoms with Gasteiger partial charge in [0.1, 0.15) is 5.75 Å². The molecule has 4 rings (SSSR count). The van der Waals surface area contributed by atoms with Crippen LogP contribution in [0.5, 0.6) is 5.75 Å². The van der Waals surface area contributed by atoms with Gasteiger partial charge in [-0.15, -0.1) is 0 Å². The summed E-state index contributed by atoms with van der Waals surface area (Å²) in [6.45, 7) is 13.5. The van der Waals surface area contributed by atoms with Crippen LogP contribution in [0.1, 0.15) is 83.1 Å². The van der Waals surface area contributed by atoms with Crippen LogP contribution in [0.4, 0.5) is 5.69 Å². The second-order valence-corrected chi connectivity index (χ2v) is 15.1. The van der Waals surface area contributed by atoms with E-state index in [1.54, 1.807) is 7.11 Å². The lowest BCUT2D eigenvalue weighted by atomic mass is 9.84. The fourth-order valence-corrected chi connectivity index (χ4v) is 8.27. The molecule has 0 saturated heterocycles. The van der Waals surface area contributed by atoms with E-state index < -0.39 is 9.04 Å². The summed E-state index contributed by atoms with van der Waals surface area (Å²) in [5, 5.41) is 2.60. The second kappa shape index (κ2) is 16.5. The van der Waals surface area contributed by atoms with E-state index in [1.807, 2.05) is 0 Å². The summed E-state index contributed by atoms with van der Waals surface area (Å²) in [5.41, 5.74) is 4.62. The fourth-order valence-electron chi connectivity index (χ4n) is 5.59. The molecule has 0 aliphatic heterocycles. The molecule has 0 saturated carbocycles. The molecule has 1 unspecified atom stereocenters. The molecule has 232 valence electrons. The van der Waals surface area contributed by atoms with E-state index in [-0.39, 0.29) is 11.5 Å². The van der Waals surface area contributed by atoms with Gasteiger partial charge in [0.2, 0.25) is 9.04 Å². The lowest BCUT2D eigenvalue weighted by Gasteiger charge is -2.35. The monoisotopic (exact) mass is 605 g/mol. The summed E-state index contributed by atoms with van der Waals surface area (Å²) < 4.78 is 13.0. The smallest absolute Gasteiger partial charge is 0.240 e. The minimum absolute atomic E-state index is 0.0337. The molecule has 0 fully saturated rings. The van der Waals surface area contributed by atoms with Gasteiger partial charge >= 0.3 is 0 Å². The van der Waals surface area contributed by atoms with Crippen molar-refractivity contribution < 1.29 is 9.16 Å². The molecule has 3 nitrogen and oxygen atoms in total. The molecule has 4 heteroatoms. The highest BCUT2D eigenvalue weighted by Crippen LogP contribution is 2.37. The van der Waals surface area contributed by atoms with E-state index in [0.717, 1.165) is 30.0 Å². The van der Waals surface area contributed by atoms with Gasteiger partial charge in [0.25, 0.3) is 0 Å². The number of hydrogen-bond donors (Lipinski definition) is 0. The van der Waals surface area contributed by atoms with Crippen molar-refractivity contribution in [2.45, 2.75) is 66.4 Å². The number of hydrogen-bond acceptors (Lipinski definition) is 3. The van der Waals surface area contributed by atoms with Gasteiger partial charge in [0, 0.05) is 30.4 Å². The van der Waals surface area contributed by atoms with E-state index in [2.05, 4.69) is 155 Å². The summed E-state index contributed by atoms with van der Waals surface area (Å²) in [6.07, 6.45) is 9.10. The maximum absolute atomic E-state index is 7.15. The molecule has 0 spiro atoms. The largest absolute Gasteiger partial charge is 0.496 e. The Balaban J connectivity index is 1.55. The Morgan fingerprint density at radius 1 is 0.727 bits per heavy atom. The lowest BCUT2D eigenvalue weighted by Crippen LogP contribution is -2.47. The Labute approximate surface area is 268 Å². The summed E-state index contributed by atoms with van der Waals surface area (Å²) in [6, 6.07) is 37.0. The summed E-state index contributed by atoms with van der Waals surface area (Å²) in [4.78, 5) is 2.50. The molecular formula is C40H51NO2Si. The van der Waals surface area contributed by atoms with Gasteiger partial charge < -0.3 is 14.1 Å². The van der Waals surface area contributed by atoms with E-state index in [0.29, 0.717) is 0 Å². The SMILES string of the molecule is CCCCN(CCCC)c1ccc(C=Cc2ccc(C(O[SiH](c3ccccc3)c3ccccc3)C(C)(C)C)cc2)c(OC)c1. The fraction of sp³-hybridized carbons (Fsp3) is 0.350. The molecule has 0 aliphatic carbocycles. The van der Waals surface area contributed by atoms with Crippen molar-refractivity contribution in [3.8, 4) is 5.75 Å². The summed E-state index contributed by atoms with van der Waals surface area (Å²) >= 11 is 0. The first-order valence-electron chi connectivity index (χ1n) is 16.3. The van der Waals surface area contributed by atoms with Crippen molar-refractivity contribution in [1.82, 2.24) is 0 Å². The topological polar surface area (TPSA) is 21.7 Å².